The van der Waals surface area contributed by atoms with Gasteiger partial charge in [-0.25, -0.2) is 4.31 Å². The van der Waals surface area contributed by atoms with E-state index in [1.54, 1.807) is 0 Å². The topological polar surface area (TPSA) is 74.7 Å². The van der Waals surface area contributed by atoms with Gasteiger partial charge >= 0.3 is 10.3 Å². The second-order valence-electron chi connectivity index (χ2n) is 2.23. The molecule has 0 radical (unpaired) electrons. The van der Waals surface area contributed by atoms with Crippen LogP contribution in [0.2, 0.25) is 0 Å². The molecular weight excluding hydrogens is 182 g/mol. The highest BCUT2D eigenvalue weighted by molar-refractivity contribution is 7.84. The van der Waals surface area contributed by atoms with Crippen molar-refractivity contribution in [2.45, 2.75) is 13.8 Å². The molecule has 0 aromatic carbocycles. The Morgan fingerprint density at radius 2 is 2.00 bits per heavy atom. The van der Waals surface area contributed by atoms with Crippen molar-refractivity contribution in [3.63, 3.8) is 0 Å². The van der Waals surface area contributed by atoms with Crippen LogP contribution in [0.5, 0.6) is 0 Å². The Morgan fingerprint density at radius 1 is 1.58 bits per heavy atom. The van der Waals surface area contributed by atoms with Gasteiger partial charge in [0.1, 0.15) is 0 Å². The van der Waals surface area contributed by atoms with Gasteiger partial charge in [-0.1, -0.05) is 6.58 Å². The molecule has 5 nitrogen and oxygen atoms in total. The molecule has 0 aliphatic heterocycles. The monoisotopic (exact) mass is 193 g/mol. The Balaban J connectivity index is 4.83. The maximum atomic E-state index is 11.0. The van der Waals surface area contributed by atoms with Crippen molar-refractivity contribution < 1.29 is 17.8 Å². The molecule has 70 valence electrons. The summed E-state index contributed by atoms with van der Waals surface area (Å²) in [4.78, 5) is 11.0. The Bertz CT molecular complexity index is 293. The van der Waals surface area contributed by atoms with Crippen molar-refractivity contribution >= 4 is 16.2 Å². The summed E-state index contributed by atoms with van der Waals surface area (Å²) in [6, 6.07) is 0. The van der Waals surface area contributed by atoms with Gasteiger partial charge in [0.25, 0.3) is 5.91 Å². The van der Waals surface area contributed by atoms with E-state index in [4.69, 9.17) is 4.55 Å². The zero-order valence-corrected chi connectivity index (χ0v) is 7.76. The quantitative estimate of drug-likeness (QED) is 0.513. The van der Waals surface area contributed by atoms with Crippen LogP contribution < -0.4 is 0 Å². The minimum atomic E-state index is -4.44. The molecule has 1 N–H and O–H groups in total. The number of hydrogen-bond acceptors (Lipinski definition) is 3. The molecule has 12 heavy (non-hydrogen) atoms. The van der Waals surface area contributed by atoms with Crippen LogP contribution >= 0.6 is 0 Å². The molecule has 0 spiro atoms. The number of nitrogens with zero attached hydrogens (tertiary/aromatic N) is 1. The van der Waals surface area contributed by atoms with E-state index < -0.39 is 16.2 Å². The second kappa shape index (κ2) is 3.68. The van der Waals surface area contributed by atoms with Gasteiger partial charge in [0.05, 0.1) is 0 Å². The Hall–Kier alpha value is -0.880. The summed E-state index contributed by atoms with van der Waals surface area (Å²) in [6.07, 6.45) is 0. The molecule has 0 bridgehead atoms. The normalized spacial score (nSPS) is 10.9. The zero-order valence-electron chi connectivity index (χ0n) is 6.94. The van der Waals surface area contributed by atoms with E-state index >= 15 is 0 Å². The van der Waals surface area contributed by atoms with Gasteiger partial charge in [0, 0.05) is 12.1 Å². The molecule has 0 saturated heterocycles. The smallest absolute Gasteiger partial charge is 0.269 e. The predicted molar refractivity (Wildman–Crippen MR) is 43.7 cm³/mol. The highest BCUT2D eigenvalue weighted by Crippen LogP contribution is 2.03. The fraction of sp³-hybridized carbons (Fsp3) is 0.500. The Labute approximate surface area is 71.6 Å². The molecule has 0 aliphatic carbocycles. The van der Waals surface area contributed by atoms with Crippen molar-refractivity contribution in [2.24, 2.45) is 0 Å². The molecule has 0 unspecified atom stereocenters. The summed E-state index contributed by atoms with van der Waals surface area (Å²) >= 11 is 0. The maximum absolute atomic E-state index is 11.0. The van der Waals surface area contributed by atoms with Gasteiger partial charge < -0.3 is 0 Å². The molecule has 6 heteroatoms. The van der Waals surface area contributed by atoms with Crippen LogP contribution in [-0.4, -0.2) is 29.7 Å². The summed E-state index contributed by atoms with van der Waals surface area (Å²) in [7, 11) is -4.44. The van der Waals surface area contributed by atoms with Crippen molar-refractivity contribution in [3.8, 4) is 0 Å². The largest absolute Gasteiger partial charge is 0.362 e. The first-order valence-corrected chi connectivity index (χ1v) is 4.65. The fourth-order valence-electron chi connectivity index (χ4n) is 0.624. The van der Waals surface area contributed by atoms with E-state index in [9.17, 15) is 13.2 Å². The van der Waals surface area contributed by atoms with Crippen LogP contribution in [0.3, 0.4) is 0 Å². The lowest BCUT2D eigenvalue weighted by Gasteiger charge is -2.15. The first-order valence-electron chi connectivity index (χ1n) is 3.25. The summed E-state index contributed by atoms with van der Waals surface area (Å²) in [5.74, 6) is -0.792. The van der Waals surface area contributed by atoms with Crippen molar-refractivity contribution in [1.29, 1.82) is 0 Å². The second-order valence-corrected chi connectivity index (χ2v) is 3.56. The van der Waals surface area contributed by atoms with E-state index in [0.29, 0.717) is 4.31 Å². The van der Waals surface area contributed by atoms with E-state index in [-0.39, 0.29) is 12.1 Å². The third-order valence-electron chi connectivity index (χ3n) is 1.16. The third kappa shape index (κ3) is 2.63. The number of carbonyl (C=O) groups is 1. The lowest BCUT2D eigenvalue weighted by atomic mass is 10.3. The zero-order chi connectivity index (χ0) is 9.94. The molecule has 0 atom stereocenters. The van der Waals surface area contributed by atoms with Crippen molar-refractivity contribution in [1.82, 2.24) is 4.31 Å². The highest BCUT2D eigenvalue weighted by Gasteiger charge is 2.23. The van der Waals surface area contributed by atoms with E-state index in [2.05, 4.69) is 6.58 Å². The minimum absolute atomic E-state index is 0.0643. The fourth-order valence-corrected chi connectivity index (χ4v) is 1.32. The molecule has 0 aromatic rings. The van der Waals surface area contributed by atoms with E-state index in [0.717, 1.165) is 0 Å². The van der Waals surface area contributed by atoms with Gasteiger partial charge in [-0.15, -0.1) is 0 Å². The highest BCUT2D eigenvalue weighted by atomic mass is 32.2. The predicted octanol–water partition coefficient (Wildman–Crippen LogP) is 0.214. The summed E-state index contributed by atoms with van der Waals surface area (Å²) < 4.78 is 29.9. The summed E-state index contributed by atoms with van der Waals surface area (Å²) in [5.41, 5.74) is 0.0643. The number of rotatable bonds is 3. The lowest BCUT2D eigenvalue weighted by molar-refractivity contribution is -0.122. The van der Waals surface area contributed by atoms with Crippen molar-refractivity contribution in [3.05, 3.63) is 12.2 Å². The van der Waals surface area contributed by atoms with E-state index in [1.807, 2.05) is 0 Å². The van der Waals surface area contributed by atoms with Crippen LogP contribution in [0.1, 0.15) is 13.8 Å². The van der Waals surface area contributed by atoms with Crippen molar-refractivity contribution in [2.75, 3.05) is 6.54 Å². The standard InChI is InChI=1S/C6H11NO4S/c1-4-7(12(9,10)11)6(8)5(2)3/h2,4H2,1,3H3,(H,9,10,11). The number of amides is 1. The molecule has 0 fully saturated rings. The van der Waals surface area contributed by atoms with Gasteiger partial charge in [0.2, 0.25) is 0 Å². The SMILES string of the molecule is C=C(C)C(=O)N(CC)S(=O)(=O)O. The molecular formula is C6H11NO4S. The van der Waals surface area contributed by atoms with Crippen LogP contribution in [0.25, 0.3) is 0 Å². The van der Waals surface area contributed by atoms with Gasteiger partial charge in [0.15, 0.2) is 0 Å². The summed E-state index contributed by atoms with van der Waals surface area (Å²) in [6.45, 7) is 5.97. The van der Waals surface area contributed by atoms with Crippen LogP contribution in [0.15, 0.2) is 12.2 Å². The van der Waals surface area contributed by atoms with Crippen LogP contribution in [-0.2, 0) is 15.1 Å². The lowest BCUT2D eigenvalue weighted by Crippen LogP contribution is -2.36. The number of likely N-dealkylation sites (N-methyl/N-ethyl adjacent to an activating group) is 1. The minimum Gasteiger partial charge on any atom is -0.269 e. The average molecular weight is 193 g/mol. The molecule has 1 amide bonds. The molecule has 0 heterocycles. The van der Waals surface area contributed by atoms with Gasteiger partial charge in [-0.3, -0.25) is 9.35 Å². The Kier molecular flexibility index (Phi) is 3.41. The number of hydrogen-bond donors (Lipinski definition) is 1. The molecule has 0 saturated carbocycles. The van der Waals surface area contributed by atoms with Gasteiger partial charge in [-0.05, 0) is 13.8 Å². The first kappa shape index (κ1) is 11.1. The Morgan fingerprint density at radius 3 is 2.08 bits per heavy atom. The van der Waals surface area contributed by atoms with Gasteiger partial charge in [-0.2, -0.15) is 8.42 Å². The molecule has 0 aromatic heterocycles. The molecule has 0 aliphatic rings. The van der Waals surface area contributed by atoms with E-state index in [1.165, 1.54) is 13.8 Å². The van der Waals surface area contributed by atoms with Crippen LogP contribution in [0, 0.1) is 0 Å². The molecule has 0 rings (SSSR count). The number of carbonyl (C=O) groups excluding carboxylic acids is 1. The maximum Gasteiger partial charge on any atom is 0.362 e. The third-order valence-corrected chi connectivity index (χ3v) is 2.14. The average Bonchev–Trinajstić information content (AvgIpc) is 1.85. The summed E-state index contributed by atoms with van der Waals surface area (Å²) in [5, 5.41) is 0. The van der Waals surface area contributed by atoms with Crippen LogP contribution in [0.4, 0.5) is 0 Å². The first-order chi connectivity index (χ1) is 5.30.